The van der Waals surface area contributed by atoms with Crippen molar-refractivity contribution < 1.29 is 0 Å². The van der Waals surface area contributed by atoms with E-state index in [0.717, 1.165) is 25.3 Å². The predicted octanol–water partition coefficient (Wildman–Crippen LogP) is 4.50. The number of thioether (sulfide) groups is 1. The third-order valence-electron chi connectivity index (χ3n) is 2.95. The molecule has 0 radical (unpaired) electrons. The lowest BCUT2D eigenvalue weighted by Crippen LogP contribution is -2.11. The van der Waals surface area contributed by atoms with Crippen molar-refractivity contribution in [3.05, 3.63) is 45.9 Å². The molecule has 1 heterocycles. The van der Waals surface area contributed by atoms with Gasteiger partial charge in [-0.2, -0.15) is 0 Å². The Bertz CT molecular complexity index is 505. The fourth-order valence-electron chi connectivity index (χ4n) is 1.87. The average Bonchev–Trinajstić information content (AvgIpc) is 2.92. The zero-order chi connectivity index (χ0) is 14.2. The molecule has 0 aliphatic rings. The lowest BCUT2D eigenvalue weighted by molar-refractivity contribution is 0.726. The van der Waals surface area contributed by atoms with Gasteiger partial charge in [-0.25, -0.2) is 4.98 Å². The first-order valence-corrected chi connectivity index (χ1v) is 9.04. The number of hydrogen-bond donors (Lipinski definition) is 1. The predicted molar refractivity (Wildman–Crippen MR) is 89.5 cm³/mol. The van der Waals surface area contributed by atoms with Crippen molar-refractivity contribution in [3.63, 3.8) is 0 Å². The van der Waals surface area contributed by atoms with Crippen LogP contribution in [-0.4, -0.2) is 11.5 Å². The topological polar surface area (TPSA) is 24.9 Å². The van der Waals surface area contributed by atoms with Crippen LogP contribution in [0.4, 0.5) is 0 Å². The second-order valence-corrected chi connectivity index (χ2v) is 6.69. The van der Waals surface area contributed by atoms with Crippen molar-refractivity contribution in [2.24, 2.45) is 0 Å². The molecule has 0 aliphatic heterocycles. The molecule has 0 saturated carbocycles. The van der Waals surface area contributed by atoms with E-state index in [2.05, 4.69) is 53.8 Å². The molecule has 2 rings (SSSR count). The molecule has 0 amide bonds. The van der Waals surface area contributed by atoms with Gasteiger partial charge >= 0.3 is 0 Å². The zero-order valence-corrected chi connectivity index (χ0v) is 13.8. The van der Waals surface area contributed by atoms with Crippen LogP contribution >= 0.6 is 23.1 Å². The average molecular weight is 306 g/mol. The minimum atomic E-state index is 0.952. The number of benzene rings is 1. The Morgan fingerprint density at radius 3 is 2.70 bits per heavy atom. The Hall–Kier alpha value is -0.840. The number of thiazole rings is 1. The molecule has 0 fully saturated rings. The van der Waals surface area contributed by atoms with E-state index in [-0.39, 0.29) is 0 Å². The lowest BCUT2D eigenvalue weighted by atomic mass is 10.2. The van der Waals surface area contributed by atoms with Gasteiger partial charge < -0.3 is 5.32 Å². The van der Waals surface area contributed by atoms with Crippen molar-refractivity contribution in [1.29, 1.82) is 0 Å². The van der Waals surface area contributed by atoms with Gasteiger partial charge in [0, 0.05) is 22.6 Å². The number of hydrogen-bond acceptors (Lipinski definition) is 4. The van der Waals surface area contributed by atoms with Crippen molar-refractivity contribution in [3.8, 4) is 0 Å². The monoisotopic (exact) mass is 306 g/mol. The molecule has 2 aromatic rings. The summed E-state index contributed by atoms with van der Waals surface area (Å²) in [7, 11) is 0. The van der Waals surface area contributed by atoms with E-state index in [0.29, 0.717) is 0 Å². The summed E-state index contributed by atoms with van der Waals surface area (Å²) in [5.41, 5.74) is 2.55. The van der Waals surface area contributed by atoms with E-state index in [9.17, 15) is 0 Å². The van der Waals surface area contributed by atoms with Gasteiger partial charge in [0.2, 0.25) is 0 Å². The molecule has 0 unspecified atom stereocenters. The SMILES string of the molecule is CCCc1nc(CSc2ccc(CNCC)cc2)cs1. The molecule has 4 heteroatoms. The van der Waals surface area contributed by atoms with Crippen molar-refractivity contribution in [1.82, 2.24) is 10.3 Å². The van der Waals surface area contributed by atoms with E-state index >= 15 is 0 Å². The first-order valence-electron chi connectivity index (χ1n) is 7.17. The second-order valence-electron chi connectivity index (χ2n) is 4.70. The third-order valence-corrected chi connectivity index (χ3v) is 4.96. The normalized spacial score (nSPS) is 10.9. The van der Waals surface area contributed by atoms with Crippen LogP contribution in [0.15, 0.2) is 34.5 Å². The molecule has 1 aromatic carbocycles. The van der Waals surface area contributed by atoms with Gasteiger partial charge in [-0.15, -0.1) is 23.1 Å². The fourth-order valence-corrected chi connectivity index (χ4v) is 3.67. The molecule has 0 atom stereocenters. The molecule has 0 saturated heterocycles. The van der Waals surface area contributed by atoms with E-state index in [4.69, 9.17) is 0 Å². The molecule has 0 aliphatic carbocycles. The van der Waals surface area contributed by atoms with Gasteiger partial charge in [0.15, 0.2) is 0 Å². The fraction of sp³-hybridized carbons (Fsp3) is 0.438. The molecule has 2 nitrogen and oxygen atoms in total. The molecule has 108 valence electrons. The first kappa shape index (κ1) is 15.5. The van der Waals surface area contributed by atoms with Crippen molar-refractivity contribution >= 4 is 23.1 Å². The quantitative estimate of drug-likeness (QED) is 0.727. The number of nitrogens with zero attached hydrogens (tertiary/aromatic N) is 1. The maximum absolute atomic E-state index is 4.66. The maximum atomic E-state index is 4.66. The number of aromatic nitrogens is 1. The van der Waals surface area contributed by atoms with Crippen LogP contribution in [0, 0.1) is 0 Å². The highest BCUT2D eigenvalue weighted by molar-refractivity contribution is 7.98. The van der Waals surface area contributed by atoms with Gasteiger partial charge in [-0.3, -0.25) is 0 Å². The Labute approximate surface area is 130 Å². The summed E-state index contributed by atoms with van der Waals surface area (Å²) in [5.74, 6) is 0.965. The smallest absolute Gasteiger partial charge is 0.0928 e. The first-order chi connectivity index (χ1) is 9.81. The van der Waals surface area contributed by atoms with Crippen LogP contribution < -0.4 is 5.32 Å². The zero-order valence-electron chi connectivity index (χ0n) is 12.2. The van der Waals surface area contributed by atoms with E-state index in [1.165, 1.54) is 27.6 Å². The molecular formula is C16H22N2S2. The van der Waals surface area contributed by atoms with Crippen LogP contribution in [0.2, 0.25) is 0 Å². The minimum absolute atomic E-state index is 0.952. The molecule has 1 aromatic heterocycles. The summed E-state index contributed by atoms with van der Waals surface area (Å²) in [4.78, 5) is 5.98. The van der Waals surface area contributed by atoms with Crippen LogP contribution in [0.3, 0.4) is 0 Å². The van der Waals surface area contributed by atoms with Crippen LogP contribution in [0.25, 0.3) is 0 Å². The van der Waals surface area contributed by atoms with Gasteiger partial charge in [0.05, 0.1) is 10.7 Å². The van der Waals surface area contributed by atoms with E-state index in [1.54, 1.807) is 11.3 Å². The highest BCUT2D eigenvalue weighted by Gasteiger charge is 2.02. The van der Waals surface area contributed by atoms with Crippen LogP contribution in [0.5, 0.6) is 0 Å². The van der Waals surface area contributed by atoms with Gasteiger partial charge in [-0.1, -0.05) is 26.0 Å². The maximum Gasteiger partial charge on any atom is 0.0928 e. The molecular weight excluding hydrogens is 284 g/mol. The Morgan fingerprint density at radius 2 is 2.00 bits per heavy atom. The van der Waals surface area contributed by atoms with Gasteiger partial charge in [0.1, 0.15) is 0 Å². The number of aryl methyl sites for hydroxylation is 1. The Morgan fingerprint density at radius 1 is 1.20 bits per heavy atom. The Balaban J connectivity index is 1.83. The summed E-state index contributed by atoms with van der Waals surface area (Å²) in [6.45, 7) is 6.30. The van der Waals surface area contributed by atoms with E-state index < -0.39 is 0 Å². The standard InChI is InChI=1S/C16H22N2S2/c1-3-5-16-18-14(12-20-16)11-19-15-8-6-13(7-9-15)10-17-4-2/h6-9,12,17H,3-5,10-11H2,1-2H3. The van der Waals surface area contributed by atoms with Crippen molar-refractivity contribution in [2.75, 3.05) is 6.54 Å². The van der Waals surface area contributed by atoms with E-state index in [1.807, 2.05) is 11.8 Å². The number of rotatable bonds is 8. The summed E-state index contributed by atoms with van der Waals surface area (Å²) < 4.78 is 0. The van der Waals surface area contributed by atoms with Gasteiger partial charge in [0.25, 0.3) is 0 Å². The third kappa shape index (κ3) is 4.93. The molecule has 0 bridgehead atoms. The Kier molecular flexibility index (Phi) is 6.57. The minimum Gasteiger partial charge on any atom is -0.313 e. The second kappa shape index (κ2) is 8.45. The lowest BCUT2D eigenvalue weighted by Gasteiger charge is -2.04. The van der Waals surface area contributed by atoms with Crippen molar-refractivity contribution in [2.45, 2.75) is 43.9 Å². The summed E-state index contributed by atoms with van der Waals surface area (Å²) in [5, 5.41) is 6.80. The molecule has 20 heavy (non-hydrogen) atoms. The van der Waals surface area contributed by atoms with Gasteiger partial charge in [-0.05, 0) is 37.1 Å². The summed E-state index contributed by atoms with van der Waals surface area (Å²) >= 11 is 3.65. The molecule has 1 N–H and O–H groups in total. The highest BCUT2D eigenvalue weighted by Crippen LogP contribution is 2.24. The number of nitrogens with one attached hydrogen (secondary N) is 1. The highest BCUT2D eigenvalue weighted by atomic mass is 32.2. The summed E-state index contributed by atoms with van der Waals surface area (Å²) in [6.07, 6.45) is 2.28. The largest absolute Gasteiger partial charge is 0.313 e. The summed E-state index contributed by atoms with van der Waals surface area (Å²) in [6, 6.07) is 8.82. The van der Waals surface area contributed by atoms with Crippen LogP contribution in [-0.2, 0) is 18.7 Å². The van der Waals surface area contributed by atoms with Crippen LogP contribution in [0.1, 0.15) is 36.5 Å². The molecule has 0 spiro atoms.